The summed E-state index contributed by atoms with van der Waals surface area (Å²) < 4.78 is 50.2. The van der Waals surface area contributed by atoms with Gasteiger partial charge in [-0.15, -0.1) is 0 Å². The molecule has 1 aromatic carbocycles. The lowest BCUT2D eigenvalue weighted by atomic mass is 10.1. The Morgan fingerprint density at radius 3 is 2.50 bits per heavy atom. The summed E-state index contributed by atoms with van der Waals surface area (Å²) >= 11 is 0. The molecule has 0 bridgehead atoms. The van der Waals surface area contributed by atoms with E-state index in [2.05, 4.69) is 11.8 Å². The van der Waals surface area contributed by atoms with Gasteiger partial charge < -0.3 is 5.11 Å². The molecule has 86 valence electrons. The Morgan fingerprint density at radius 2 is 1.94 bits per heavy atom. The van der Waals surface area contributed by atoms with Gasteiger partial charge in [-0.25, -0.2) is 4.39 Å². The van der Waals surface area contributed by atoms with Gasteiger partial charge in [0.2, 0.25) is 0 Å². The molecule has 0 radical (unpaired) electrons. The van der Waals surface area contributed by atoms with E-state index in [0.29, 0.717) is 6.07 Å². The minimum atomic E-state index is -4.72. The molecule has 0 fully saturated rings. The second-order valence-electron chi connectivity index (χ2n) is 2.94. The zero-order valence-corrected chi connectivity index (χ0v) is 8.11. The molecule has 0 saturated carbocycles. The maximum absolute atomic E-state index is 13.3. The summed E-state index contributed by atoms with van der Waals surface area (Å²) in [5.41, 5.74) is -1.65. The predicted octanol–water partition coefficient (Wildman–Crippen LogP) is 2.58. The number of benzene rings is 1. The minimum Gasteiger partial charge on any atom is -0.395 e. The average molecular weight is 232 g/mol. The van der Waals surface area contributed by atoms with Crippen LogP contribution in [0.5, 0.6) is 0 Å². The highest BCUT2D eigenvalue weighted by molar-refractivity contribution is 5.39. The first-order chi connectivity index (χ1) is 7.46. The molecule has 0 atom stereocenters. The molecular formula is C11H8F4O. The van der Waals surface area contributed by atoms with Crippen molar-refractivity contribution in [3.63, 3.8) is 0 Å². The van der Waals surface area contributed by atoms with Crippen molar-refractivity contribution >= 4 is 0 Å². The van der Waals surface area contributed by atoms with Crippen LogP contribution in [0.4, 0.5) is 17.6 Å². The fourth-order valence-corrected chi connectivity index (χ4v) is 1.06. The first-order valence-electron chi connectivity index (χ1n) is 4.42. The lowest BCUT2D eigenvalue weighted by Crippen LogP contribution is -2.08. The summed E-state index contributed by atoms with van der Waals surface area (Å²) in [6, 6.07) is 2.91. The average Bonchev–Trinajstić information content (AvgIpc) is 2.19. The lowest BCUT2D eigenvalue weighted by molar-refractivity contribution is -0.140. The highest BCUT2D eigenvalue weighted by Gasteiger charge is 2.34. The summed E-state index contributed by atoms with van der Waals surface area (Å²) in [4.78, 5) is 0. The van der Waals surface area contributed by atoms with E-state index in [1.807, 2.05) is 0 Å². The molecule has 1 rings (SSSR count). The van der Waals surface area contributed by atoms with E-state index in [-0.39, 0.29) is 18.6 Å². The fourth-order valence-electron chi connectivity index (χ4n) is 1.06. The maximum atomic E-state index is 13.3. The number of hydrogen-bond acceptors (Lipinski definition) is 1. The quantitative estimate of drug-likeness (QED) is 0.582. The van der Waals surface area contributed by atoms with Crippen LogP contribution in [0, 0.1) is 17.7 Å². The zero-order valence-electron chi connectivity index (χ0n) is 8.11. The van der Waals surface area contributed by atoms with E-state index in [4.69, 9.17) is 5.11 Å². The lowest BCUT2D eigenvalue weighted by Gasteiger charge is -2.08. The van der Waals surface area contributed by atoms with Gasteiger partial charge in [0.05, 0.1) is 17.7 Å². The van der Waals surface area contributed by atoms with Crippen LogP contribution in [0.2, 0.25) is 0 Å². The molecule has 0 amide bonds. The Labute approximate surface area is 89.7 Å². The molecule has 0 heterocycles. The van der Waals surface area contributed by atoms with Gasteiger partial charge in [-0.2, -0.15) is 13.2 Å². The van der Waals surface area contributed by atoms with Gasteiger partial charge in [-0.1, -0.05) is 17.9 Å². The van der Waals surface area contributed by atoms with E-state index >= 15 is 0 Å². The molecule has 0 aliphatic carbocycles. The third-order valence-corrected chi connectivity index (χ3v) is 1.76. The monoisotopic (exact) mass is 232 g/mol. The Kier molecular flexibility index (Phi) is 3.91. The fraction of sp³-hybridized carbons (Fsp3) is 0.273. The van der Waals surface area contributed by atoms with Gasteiger partial charge >= 0.3 is 6.18 Å². The van der Waals surface area contributed by atoms with Crippen LogP contribution < -0.4 is 0 Å². The number of hydrogen-bond donors (Lipinski definition) is 1. The van der Waals surface area contributed by atoms with Crippen molar-refractivity contribution in [2.24, 2.45) is 0 Å². The summed E-state index contributed by atoms with van der Waals surface area (Å²) in [5, 5.41) is 8.42. The third kappa shape index (κ3) is 2.97. The SMILES string of the molecule is OCCC#Cc1cccc(C(F)(F)F)c1F. The molecule has 0 aliphatic heterocycles. The van der Waals surface area contributed by atoms with Gasteiger partial charge in [0.15, 0.2) is 5.82 Å². The molecule has 1 nitrogen and oxygen atoms in total. The molecule has 1 aromatic rings. The molecule has 1 N–H and O–H groups in total. The number of aliphatic hydroxyl groups is 1. The smallest absolute Gasteiger partial charge is 0.395 e. The number of alkyl halides is 3. The molecule has 0 aliphatic rings. The zero-order chi connectivity index (χ0) is 12.2. The first-order valence-corrected chi connectivity index (χ1v) is 4.42. The number of halogens is 4. The second kappa shape index (κ2) is 4.99. The maximum Gasteiger partial charge on any atom is 0.419 e. The topological polar surface area (TPSA) is 20.2 Å². The number of aliphatic hydroxyl groups excluding tert-OH is 1. The molecule has 0 unspecified atom stereocenters. The van der Waals surface area contributed by atoms with Crippen LogP contribution in [-0.2, 0) is 6.18 Å². The van der Waals surface area contributed by atoms with Crippen LogP contribution in [0.1, 0.15) is 17.5 Å². The second-order valence-corrected chi connectivity index (χ2v) is 2.94. The molecule has 16 heavy (non-hydrogen) atoms. The van der Waals surface area contributed by atoms with Crippen LogP contribution in [0.3, 0.4) is 0 Å². The molecule has 5 heteroatoms. The van der Waals surface area contributed by atoms with Crippen molar-refractivity contribution in [1.82, 2.24) is 0 Å². The van der Waals surface area contributed by atoms with E-state index in [0.717, 1.165) is 12.1 Å². The van der Waals surface area contributed by atoms with Crippen LogP contribution in [0.15, 0.2) is 18.2 Å². The largest absolute Gasteiger partial charge is 0.419 e. The van der Waals surface area contributed by atoms with Gasteiger partial charge in [-0.05, 0) is 12.1 Å². The van der Waals surface area contributed by atoms with Crippen molar-refractivity contribution in [1.29, 1.82) is 0 Å². The molecular weight excluding hydrogens is 224 g/mol. The van der Waals surface area contributed by atoms with E-state index < -0.39 is 17.6 Å². The Bertz CT molecular complexity index is 426. The summed E-state index contributed by atoms with van der Waals surface area (Å²) in [6.45, 7) is -0.215. The summed E-state index contributed by atoms with van der Waals surface area (Å²) in [6.07, 6.45) is -4.63. The Hall–Kier alpha value is -1.54. The van der Waals surface area contributed by atoms with Crippen molar-refractivity contribution in [3.05, 3.63) is 35.1 Å². The van der Waals surface area contributed by atoms with Crippen molar-refractivity contribution in [2.75, 3.05) is 6.61 Å². The van der Waals surface area contributed by atoms with E-state index in [9.17, 15) is 17.6 Å². The Morgan fingerprint density at radius 1 is 1.25 bits per heavy atom. The van der Waals surface area contributed by atoms with E-state index in [1.54, 1.807) is 0 Å². The van der Waals surface area contributed by atoms with Gasteiger partial charge in [0.25, 0.3) is 0 Å². The normalized spacial score (nSPS) is 10.8. The standard InChI is InChI=1S/C11H8F4O/c12-10-8(4-1-2-7-16)5-3-6-9(10)11(13,14)15/h3,5-6,16H,2,7H2. The Balaban J connectivity index is 3.11. The first kappa shape index (κ1) is 12.5. The molecule has 0 saturated heterocycles. The highest BCUT2D eigenvalue weighted by Crippen LogP contribution is 2.32. The van der Waals surface area contributed by atoms with Crippen LogP contribution in [-0.4, -0.2) is 11.7 Å². The van der Waals surface area contributed by atoms with Crippen molar-refractivity contribution in [2.45, 2.75) is 12.6 Å². The van der Waals surface area contributed by atoms with Crippen molar-refractivity contribution in [3.8, 4) is 11.8 Å². The summed E-state index contributed by atoms with van der Waals surface area (Å²) in [7, 11) is 0. The minimum absolute atomic E-state index is 0.0929. The molecule has 0 spiro atoms. The molecule has 0 aromatic heterocycles. The van der Waals surface area contributed by atoms with Gasteiger partial charge in [0, 0.05) is 6.42 Å². The highest BCUT2D eigenvalue weighted by atomic mass is 19.4. The number of rotatable bonds is 1. The van der Waals surface area contributed by atoms with Crippen LogP contribution in [0.25, 0.3) is 0 Å². The summed E-state index contributed by atoms with van der Waals surface area (Å²) in [5.74, 6) is 3.23. The van der Waals surface area contributed by atoms with E-state index in [1.165, 1.54) is 0 Å². The predicted molar refractivity (Wildman–Crippen MR) is 50.0 cm³/mol. The van der Waals surface area contributed by atoms with Gasteiger partial charge in [0.1, 0.15) is 0 Å². The third-order valence-electron chi connectivity index (χ3n) is 1.76. The van der Waals surface area contributed by atoms with Crippen LogP contribution >= 0.6 is 0 Å². The van der Waals surface area contributed by atoms with Crippen molar-refractivity contribution < 1.29 is 22.7 Å². The van der Waals surface area contributed by atoms with Gasteiger partial charge in [-0.3, -0.25) is 0 Å².